The highest BCUT2D eigenvalue weighted by Crippen LogP contribution is 2.18. The smallest absolute Gasteiger partial charge is 0.240 e. The molecule has 1 heterocycles. The Morgan fingerprint density at radius 3 is 2.90 bits per heavy atom. The number of nitrogens with one attached hydrogen (secondary N) is 1. The first-order chi connectivity index (χ1) is 9.49. The lowest BCUT2D eigenvalue weighted by Crippen LogP contribution is -2.47. The van der Waals surface area contributed by atoms with Crippen LogP contribution in [0.5, 0.6) is 0 Å². The minimum atomic E-state index is -0.619. The van der Waals surface area contributed by atoms with Gasteiger partial charge >= 0.3 is 0 Å². The van der Waals surface area contributed by atoms with Gasteiger partial charge in [-0.15, -0.1) is 0 Å². The summed E-state index contributed by atoms with van der Waals surface area (Å²) in [6, 6.07) is 5.98. The topological polar surface area (TPSA) is 95.0 Å². The number of hydrogen-bond donors (Lipinski definition) is 2. The molecule has 6 nitrogen and oxygen atoms in total. The summed E-state index contributed by atoms with van der Waals surface area (Å²) >= 11 is 0. The Labute approximate surface area is 119 Å². The molecule has 1 aromatic rings. The van der Waals surface area contributed by atoms with Gasteiger partial charge in [0, 0.05) is 38.4 Å². The first-order valence-corrected chi connectivity index (χ1v) is 6.49. The van der Waals surface area contributed by atoms with E-state index in [-0.39, 0.29) is 5.91 Å². The monoisotopic (exact) mass is 275 g/mol. The molecule has 0 fully saturated rings. The van der Waals surface area contributed by atoms with E-state index in [1.165, 1.54) is 0 Å². The van der Waals surface area contributed by atoms with E-state index in [2.05, 4.69) is 21.4 Å². The third-order valence-electron chi connectivity index (χ3n) is 3.03. The summed E-state index contributed by atoms with van der Waals surface area (Å²) in [6.45, 7) is 5.44. The molecule has 0 bridgehead atoms. The molecule has 0 aliphatic heterocycles. The van der Waals surface area contributed by atoms with Gasteiger partial charge in [-0.1, -0.05) is 6.07 Å². The number of amides is 1. The van der Waals surface area contributed by atoms with Gasteiger partial charge in [0.25, 0.3) is 0 Å². The number of rotatable bonds is 7. The highest BCUT2D eigenvalue weighted by Gasteiger charge is 2.29. The highest BCUT2D eigenvalue weighted by atomic mass is 16.2. The van der Waals surface area contributed by atoms with E-state index in [0.717, 1.165) is 5.56 Å². The number of pyridine rings is 1. The molecular weight excluding hydrogens is 254 g/mol. The van der Waals surface area contributed by atoms with Crippen molar-refractivity contribution in [3.63, 3.8) is 0 Å². The molecule has 0 aliphatic rings. The fourth-order valence-corrected chi connectivity index (χ4v) is 2.00. The largest absolute Gasteiger partial charge is 0.297 e. The normalized spacial score (nSPS) is 11.2. The van der Waals surface area contributed by atoms with E-state index < -0.39 is 5.41 Å². The molecule has 108 valence electrons. The standard InChI is InChI=1S/C14H21N5O/c1-14(2,13(20)18-16)11-19(8-4-6-15)10-12-5-3-7-17-9-12/h3,5,7,9H,4,8,10-11,16H2,1-2H3,(H,18,20). The molecule has 0 saturated carbocycles. The van der Waals surface area contributed by atoms with E-state index in [0.29, 0.717) is 26.1 Å². The molecule has 1 rings (SSSR count). The Balaban J connectivity index is 2.74. The molecule has 1 amide bonds. The van der Waals surface area contributed by atoms with Crippen molar-refractivity contribution in [1.29, 1.82) is 5.26 Å². The van der Waals surface area contributed by atoms with Crippen LogP contribution in [0.2, 0.25) is 0 Å². The van der Waals surface area contributed by atoms with Crippen LogP contribution in [0.25, 0.3) is 0 Å². The Morgan fingerprint density at radius 1 is 1.60 bits per heavy atom. The van der Waals surface area contributed by atoms with Crippen molar-refractivity contribution in [2.24, 2.45) is 11.3 Å². The Kier molecular flexibility index (Phi) is 6.10. The van der Waals surface area contributed by atoms with Crippen LogP contribution in [0.1, 0.15) is 25.8 Å². The third-order valence-corrected chi connectivity index (χ3v) is 3.03. The van der Waals surface area contributed by atoms with Crippen LogP contribution in [0, 0.1) is 16.7 Å². The summed E-state index contributed by atoms with van der Waals surface area (Å²) in [4.78, 5) is 17.9. The SMILES string of the molecule is CC(C)(CN(CCC#N)Cc1cccnc1)C(=O)NN. The van der Waals surface area contributed by atoms with Crippen molar-refractivity contribution in [1.82, 2.24) is 15.3 Å². The van der Waals surface area contributed by atoms with E-state index in [1.54, 1.807) is 12.4 Å². The lowest BCUT2D eigenvalue weighted by molar-refractivity contribution is -0.130. The van der Waals surface area contributed by atoms with Crippen LogP contribution in [-0.2, 0) is 11.3 Å². The summed E-state index contributed by atoms with van der Waals surface area (Å²) in [6.07, 6.45) is 3.92. The molecule has 0 saturated heterocycles. The molecule has 6 heteroatoms. The second-order valence-corrected chi connectivity index (χ2v) is 5.34. The zero-order valence-corrected chi connectivity index (χ0v) is 12.0. The molecule has 1 aromatic heterocycles. The molecule has 0 radical (unpaired) electrons. The first kappa shape index (κ1) is 16.1. The third kappa shape index (κ3) is 4.96. The number of nitrogens with two attached hydrogens (primary N) is 1. The Bertz CT molecular complexity index is 466. The van der Waals surface area contributed by atoms with Crippen molar-refractivity contribution in [2.45, 2.75) is 26.8 Å². The number of hydrazine groups is 1. The van der Waals surface area contributed by atoms with E-state index in [1.807, 2.05) is 26.0 Å². The van der Waals surface area contributed by atoms with Gasteiger partial charge in [-0.2, -0.15) is 5.26 Å². The lowest BCUT2D eigenvalue weighted by atomic mass is 9.91. The molecule has 0 atom stereocenters. The molecule has 0 spiro atoms. The summed E-state index contributed by atoms with van der Waals surface area (Å²) in [5.41, 5.74) is 2.62. The highest BCUT2D eigenvalue weighted by molar-refractivity contribution is 5.81. The number of nitriles is 1. The van der Waals surface area contributed by atoms with Crippen LogP contribution in [-0.4, -0.2) is 28.9 Å². The molecular formula is C14H21N5O. The minimum Gasteiger partial charge on any atom is -0.297 e. The average Bonchev–Trinajstić information content (AvgIpc) is 2.44. The van der Waals surface area contributed by atoms with Gasteiger partial charge in [-0.25, -0.2) is 5.84 Å². The van der Waals surface area contributed by atoms with E-state index in [4.69, 9.17) is 11.1 Å². The van der Waals surface area contributed by atoms with Crippen molar-refractivity contribution < 1.29 is 4.79 Å². The number of aromatic nitrogens is 1. The zero-order chi connectivity index (χ0) is 15.0. The Morgan fingerprint density at radius 2 is 2.35 bits per heavy atom. The van der Waals surface area contributed by atoms with E-state index in [9.17, 15) is 4.79 Å². The van der Waals surface area contributed by atoms with Gasteiger partial charge in [-0.3, -0.25) is 20.1 Å². The summed E-state index contributed by atoms with van der Waals surface area (Å²) in [5, 5.41) is 8.75. The van der Waals surface area contributed by atoms with Gasteiger partial charge in [0.1, 0.15) is 0 Å². The molecule has 20 heavy (non-hydrogen) atoms. The first-order valence-electron chi connectivity index (χ1n) is 6.49. The Hall–Kier alpha value is -1.97. The minimum absolute atomic E-state index is 0.217. The van der Waals surface area contributed by atoms with Gasteiger partial charge in [0.05, 0.1) is 11.5 Å². The summed E-state index contributed by atoms with van der Waals surface area (Å²) in [7, 11) is 0. The predicted molar refractivity (Wildman–Crippen MR) is 75.9 cm³/mol. The quantitative estimate of drug-likeness (QED) is 0.436. The lowest BCUT2D eigenvalue weighted by Gasteiger charge is -2.30. The van der Waals surface area contributed by atoms with Gasteiger partial charge in [0.2, 0.25) is 5.91 Å². The number of hydrogen-bond acceptors (Lipinski definition) is 5. The van der Waals surface area contributed by atoms with Crippen molar-refractivity contribution in [3.05, 3.63) is 30.1 Å². The molecule has 0 aliphatic carbocycles. The number of carbonyl (C=O) groups is 1. The van der Waals surface area contributed by atoms with Gasteiger partial charge < -0.3 is 0 Å². The zero-order valence-electron chi connectivity index (χ0n) is 12.0. The maximum Gasteiger partial charge on any atom is 0.240 e. The van der Waals surface area contributed by atoms with Gasteiger partial charge in [-0.05, 0) is 25.5 Å². The van der Waals surface area contributed by atoms with Crippen LogP contribution < -0.4 is 11.3 Å². The predicted octanol–water partition coefficient (Wildman–Crippen LogP) is 0.813. The molecule has 3 N–H and O–H groups in total. The average molecular weight is 275 g/mol. The summed E-state index contributed by atoms with van der Waals surface area (Å²) in [5.74, 6) is 4.99. The van der Waals surface area contributed by atoms with Crippen LogP contribution in [0.4, 0.5) is 0 Å². The number of nitrogens with zero attached hydrogens (tertiary/aromatic N) is 3. The van der Waals surface area contributed by atoms with Crippen LogP contribution >= 0.6 is 0 Å². The fraction of sp³-hybridized carbons (Fsp3) is 0.500. The second-order valence-electron chi connectivity index (χ2n) is 5.34. The van der Waals surface area contributed by atoms with Crippen molar-refractivity contribution in [3.8, 4) is 6.07 Å². The van der Waals surface area contributed by atoms with Crippen molar-refractivity contribution in [2.75, 3.05) is 13.1 Å². The van der Waals surface area contributed by atoms with Gasteiger partial charge in [0.15, 0.2) is 0 Å². The second kappa shape index (κ2) is 7.58. The molecule has 0 unspecified atom stereocenters. The number of carbonyl (C=O) groups excluding carboxylic acids is 1. The van der Waals surface area contributed by atoms with E-state index >= 15 is 0 Å². The fourth-order valence-electron chi connectivity index (χ4n) is 2.00. The maximum absolute atomic E-state index is 11.8. The molecule has 0 aromatic carbocycles. The van der Waals surface area contributed by atoms with Crippen LogP contribution in [0.15, 0.2) is 24.5 Å². The van der Waals surface area contributed by atoms with Crippen molar-refractivity contribution >= 4 is 5.91 Å². The summed E-state index contributed by atoms with van der Waals surface area (Å²) < 4.78 is 0. The van der Waals surface area contributed by atoms with Crippen LogP contribution in [0.3, 0.4) is 0 Å². The maximum atomic E-state index is 11.8.